The third-order valence-electron chi connectivity index (χ3n) is 3.76. The Bertz CT molecular complexity index is 682. The van der Waals surface area contributed by atoms with Crippen LogP contribution in [0, 0.1) is 0 Å². The predicted octanol–water partition coefficient (Wildman–Crippen LogP) is 3.87. The van der Waals surface area contributed by atoms with E-state index in [0.29, 0.717) is 24.5 Å². The van der Waals surface area contributed by atoms with E-state index in [2.05, 4.69) is 15.9 Å². The summed E-state index contributed by atoms with van der Waals surface area (Å²) in [6.07, 6.45) is 0. The van der Waals surface area contributed by atoms with Gasteiger partial charge in [0.05, 0.1) is 0 Å². The fourth-order valence-electron chi connectivity index (χ4n) is 2.06. The van der Waals surface area contributed by atoms with Crippen LogP contribution in [0.4, 0.5) is 0 Å². The summed E-state index contributed by atoms with van der Waals surface area (Å²) in [4.78, 5) is 14.1. The van der Waals surface area contributed by atoms with Crippen molar-refractivity contribution < 1.29 is 9.53 Å². The zero-order chi connectivity index (χ0) is 16.8. The standard InChI is InChI=1S/C18H21BrN2O2.ClH/c1-13(11-20)21(2)18(22)14-7-5-8-16(10-14)23-12-15-6-3-4-9-17(15)19;/h3-10,13H,11-12,20H2,1-2H3;1H. The van der Waals surface area contributed by atoms with Crippen LogP contribution >= 0.6 is 28.3 Å². The number of amides is 1. The minimum Gasteiger partial charge on any atom is -0.489 e. The van der Waals surface area contributed by atoms with Crippen LogP contribution < -0.4 is 10.5 Å². The predicted molar refractivity (Wildman–Crippen MR) is 103 cm³/mol. The van der Waals surface area contributed by atoms with E-state index in [1.54, 1.807) is 24.1 Å². The number of carbonyl (C=O) groups is 1. The third-order valence-corrected chi connectivity index (χ3v) is 4.53. The SMILES string of the molecule is CC(CN)N(C)C(=O)c1cccc(OCc2ccccc2Br)c1.Cl. The lowest BCUT2D eigenvalue weighted by molar-refractivity contribution is 0.0748. The molecule has 130 valence electrons. The van der Waals surface area contributed by atoms with E-state index in [9.17, 15) is 4.79 Å². The number of hydrogen-bond acceptors (Lipinski definition) is 3. The molecule has 0 radical (unpaired) electrons. The molecule has 2 N–H and O–H groups in total. The fourth-order valence-corrected chi connectivity index (χ4v) is 2.46. The van der Waals surface area contributed by atoms with Gasteiger partial charge in [-0.1, -0.05) is 40.2 Å². The summed E-state index contributed by atoms with van der Waals surface area (Å²) in [5.74, 6) is 0.606. The van der Waals surface area contributed by atoms with Crippen LogP contribution in [0.2, 0.25) is 0 Å². The maximum Gasteiger partial charge on any atom is 0.254 e. The summed E-state index contributed by atoms with van der Waals surface area (Å²) in [6.45, 7) is 2.79. The molecule has 1 amide bonds. The lowest BCUT2D eigenvalue weighted by Gasteiger charge is -2.23. The molecule has 0 aliphatic rings. The molecular weight excluding hydrogens is 392 g/mol. The molecule has 0 aliphatic heterocycles. The summed E-state index contributed by atoms with van der Waals surface area (Å²) in [6, 6.07) is 15.1. The highest BCUT2D eigenvalue weighted by atomic mass is 79.9. The highest BCUT2D eigenvalue weighted by molar-refractivity contribution is 9.10. The van der Waals surface area contributed by atoms with E-state index < -0.39 is 0 Å². The number of benzene rings is 2. The Balaban J connectivity index is 0.00000288. The first-order chi connectivity index (χ1) is 11.0. The number of carbonyl (C=O) groups excluding carboxylic acids is 1. The summed E-state index contributed by atoms with van der Waals surface area (Å²) >= 11 is 3.50. The van der Waals surface area contributed by atoms with Crippen molar-refractivity contribution in [2.45, 2.75) is 19.6 Å². The number of rotatable bonds is 6. The smallest absolute Gasteiger partial charge is 0.254 e. The molecular formula is C18H22BrClN2O2. The van der Waals surface area contributed by atoms with Gasteiger partial charge in [-0.15, -0.1) is 12.4 Å². The van der Waals surface area contributed by atoms with Crippen molar-refractivity contribution in [3.63, 3.8) is 0 Å². The summed E-state index contributed by atoms with van der Waals surface area (Å²) < 4.78 is 6.81. The number of hydrogen-bond donors (Lipinski definition) is 1. The van der Waals surface area contributed by atoms with Crippen LogP contribution in [0.5, 0.6) is 5.75 Å². The maximum absolute atomic E-state index is 12.4. The van der Waals surface area contributed by atoms with Gasteiger partial charge in [0.2, 0.25) is 0 Å². The minimum absolute atomic E-state index is 0. The van der Waals surface area contributed by atoms with Gasteiger partial charge < -0.3 is 15.4 Å². The molecule has 1 atom stereocenters. The van der Waals surface area contributed by atoms with E-state index in [1.807, 2.05) is 43.3 Å². The zero-order valence-electron chi connectivity index (χ0n) is 13.7. The Morgan fingerprint density at radius 3 is 2.62 bits per heavy atom. The fraction of sp³-hybridized carbons (Fsp3) is 0.278. The van der Waals surface area contributed by atoms with Crippen molar-refractivity contribution in [2.75, 3.05) is 13.6 Å². The van der Waals surface area contributed by atoms with Crippen molar-refractivity contribution in [1.82, 2.24) is 4.90 Å². The molecule has 0 heterocycles. The first kappa shape index (κ1) is 20.5. The van der Waals surface area contributed by atoms with E-state index in [0.717, 1.165) is 10.0 Å². The average molecular weight is 414 g/mol. The van der Waals surface area contributed by atoms with Crippen molar-refractivity contribution in [1.29, 1.82) is 0 Å². The van der Waals surface area contributed by atoms with E-state index in [1.165, 1.54) is 0 Å². The molecule has 0 fully saturated rings. The van der Waals surface area contributed by atoms with Gasteiger partial charge in [0.1, 0.15) is 12.4 Å². The number of halogens is 2. The molecule has 24 heavy (non-hydrogen) atoms. The van der Waals surface area contributed by atoms with Crippen LogP contribution in [0.15, 0.2) is 53.0 Å². The van der Waals surface area contributed by atoms with Crippen LogP contribution in [-0.2, 0) is 6.61 Å². The number of likely N-dealkylation sites (N-methyl/N-ethyl adjacent to an activating group) is 1. The molecule has 2 rings (SSSR count). The molecule has 1 unspecified atom stereocenters. The van der Waals surface area contributed by atoms with Crippen molar-refractivity contribution in [3.8, 4) is 5.75 Å². The molecule has 0 aliphatic carbocycles. The summed E-state index contributed by atoms with van der Waals surface area (Å²) in [5, 5.41) is 0. The second-order valence-electron chi connectivity index (χ2n) is 5.41. The van der Waals surface area contributed by atoms with Crippen LogP contribution in [0.1, 0.15) is 22.8 Å². The van der Waals surface area contributed by atoms with Gasteiger partial charge >= 0.3 is 0 Å². The van der Waals surface area contributed by atoms with Gasteiger partial charge in [0, 0.05) is 35.2 Å². The molecule has 6 heteroatoms. The molecule has 0 bridgehead atoms. The normalized spacial score (nSPS) is 11.3. The quantitative estimate of drug-likeness (QED) is 0.782. The molecule has 2 aromatic rings. The number of ether oxygens (including phenoxy) is 1. The lowest BCUT2D eigenvalue weighted by Crippen LogP contribution is -2.39. The third kappa shape index (κ3) is 5.23. The van der Waals surface area contributed by atoms with E-state index in [-0.39, 0.29) is 24.4 Å². The monoisotopic (exact) mass is 412 g/mol. The maximum atomic E-state index is 12.4. The lowest BCUT2D eigenvalue weighted by atomic mass is 10.1. The van der Waals surface area contributed by atoms with Crippen LogP contribution in [-0.4, -0.2) is 30.4 Å². The number of nitrogens with two attached hydrogens (primary N) is 1. The largest absolute Gasteiger partial charge is 0.489 e. The topological polar surface area (TPSA) is 55.6 Å². The van der Waals surface area contributed by atoms with Gasteiger partial charge in [-0.2, -0.15) is 0 Å². The Hall–Kier alpha value is -1.56. The Morgan fingerprint density at radius 1 is 1.25 bits per heavy atom. The first-order valence-corrected chi connectivity index (χ1v) is 8.25. The summed E-state index contributed by atoms with van der Waals surface area (Å²) in [7, 11) is 1.76. The first-order valence-electron chi connectivity index (χ1n) is 7.46. The molecule has 0 saturated heterocycles. The van der Waals surface area contributed by atoms with Crippen molar-refractivity contribution in [2.24, 2.45) is 5.73 Å². The van der Waals surface area contributed by atoms with Gasteiger partial charge in [0.15, 0.2) is 0 Å². The molecule has 0 spiro atoms. The summed E-state index contributed by atoms with van der Waals surface area (Å²) in [5.41, 5.74) is 7.27. The minimum atomic E-state index is -0.0608. The van der Waals surface area contributed by atoms with Crippen LogP contribution in [0.25, 0.3) is 0 Å². The zero-order valence-corrected chi connectivity index (χ0v) is 16.1. The van der Waals surface area contributed by atoms with Gasteiger partial charge in [-0.3, -0.25) is 4.79 Å². The second-order valence-corrected chi connectivity index (χ2v) is 6.26. The highest BCUT2D eigenvalue weighted by Crippen LogP contribution is 2.20. The van der Waals surface area contributed by atoms with Gasteiger partial charge in [-0.25, -0.2) is 0 Å². The number of nitrogens with zero attached hydrogens (tertiary/aromatic N) is 1. The van der Waals surface area contributed by atoms with Crippen molar-refractivity contribution in [3.05, 3.63) is 64.1 Å². The van der Waals surface area contributed by atoms with Crippen LogP contribution in [0.3, 0.4) is 0 Å². The molecule has 0 saturated carbocycles. The second kappa shape index (κ2) is 9.67. The molecule has 2 aromatic carbocycles. The van der Waals surface area contributed by atoms with Crippen molar-refractivity contribution >= 4 is 34.2 Å². The molecule has 4 nitrogen and oxygen atoms in total. The van der Waals surface area contributed by atoms with E-state index in [4.69, 9.17) is 10.5 Å². The van der Waals surface area contributed by atoms with Gasteiger partial charge in [0.25, 0.3) is 5.91 Å². The van der Waals surface area contributed by atoms with Gasteiger partial charge in [-0.05, 0) is 31.2 Å². The highest BCUT2D eigenvalue weighted by Gasteiger charge is 2.16. The van der Waals surface area contributed by atoms with E-state index >= 15 is 0 Å². The Kier molecular flexibility index (Phi) is 8.25. The average Bonchev–Trinajstić information content (AvgIpc) is 2.59. The Morgan fingerprint density at radius 2 is 1.96 bits per heavy atom. The Labute approximate surface area is 157 Å². The molecule has 0 aromatic heterocycles.